The molecular weight excluding hydrogens is 300 g/mol. The van der Waals surface area contributed by atoms with Gasteiger partial charge in [0.25, 0.3) is 0 Å². The molecule has 0 bridgehead atoms. The fraction of sp³-hybridized carbons (Fsp3) is 0.562. The zero-order valence-electron chi connectivity index (χ0n) is 13.2. The van der Waals surface area contributed by atoms with Gasteiger partial charge >= 0.3 is 0 Å². The molecule has 2 rings (SSSR count). The highest BCUT2D eigenvalue weighted by Gasteiger charge is 2.29. The molecule has 0 spiro atoms. The molecular formula is C16H24N2O3S. The Bertz CT molecular complexity index is 628. The maximum Gasteiger partial charge on any atom is 0.224 e. The third-order valence-corrected chi connectivity index (χ3v) is 5.29. The standard InChI is InChI=1S/C16H24N2O3S/c1-13-5-3-6-14(11-13)8-9-17-16(19)15-7-4-10-18(12-15)22(2,20)21/h3,5-6,11,15H,4,7-10,12H2,1-2H3,(H,17,19)/t15-/m0/s1. The first-order valence-electron chi connectivity index (χ1n) is 7.64. The maximum absolute atomic E-state index is 12.2. The number of nitrogens with one attached hydrogen (secondary N) is 1. The second kappa shape index (κ2) is 7.24. The number of rotatable bonds is 5. The Balaban J connectivity index is 1.82. The lowest BCUT2D eigenvalue weighted by Gasteiger charge is -2.30. The summed E-state index contributed by atoms with van der Waals surface area (Å²) in [5.41, 5.74) is 2.40. The van der Waals surface area contributed by atoms with Crippen LogP contribution in [0.25, 0.3) is 0 Å². The Labute approximate surface area is 132 Å². The van der Waals surface area contributed by atoms with Crippen molar-refractivity contribution in [2.45, 2.75) is 26.2 Å². The van der Waals surface area contributed by atoms with Gasteiger partial charge in [-0.3, -0.25) is 4.79 Å². The van der Waals surface area contributed by atoms with Gasteiger partial charge in [-0.2, -0.15) is 0 Å². The van der Waals surface area contributed by atoms with Crippen molar-refractivity contribution in [2.24, 2.45) is 5.92 Å². The Morgan fingerprint density at radius 3 is 2.86 bits per heavy atom. The highest BCUT2D eigenvalue weighted by molar-refractivity contribution is 7.88. The van der Waals surface area contributed by atoms with E-state index in [-0.39, 0.29) is 11.8 Å². The van der Waals surface area contributed by atoms with Gasteiger partial charge in [-0.25, -0.2) is 12.7 Å². The van der Waals surface area contributed by atoms with E-state index in [1.54, 1.807) is 0 Å². The van der Waals surface area contributed by atoms with Crippen LogP contribution in [0.1, 0.15) is 24.0 Å². The van der Waals surface area contributed by atoms with Crippen LogP contribution in [0.4, 0.5) is 0 Å². The molecule has 0 radical (unpaired) electrons. The summed E-state index contributed by atoms with van der Waals surface area (Å²) in [4.78, 5) is 12.2. The monoisotopic (exact) mass is 324 g/mol. The summed E-state index contributed by atoms with van der Waals surface area (Å²) in [5, 5.41) is 2.93. The summed E-state index contributed by atoms with van der Waals surface area (Å²) in [7, 11) is -3.21. The number of hydrogen-bond donors (Lipinski definition) is 1. The minimum atomic E-state index is -3.21. The highest BCUT2D eigenvalue weighted by atomic mass is 32.2. The van der Waals surface area contributed by atoms with Gasteiger partial charge < -0.3 is 5.32 Å². The highest BCUT2D eigenvalue weighted by Crippen LogP contribution is 2.18. The smallest absolute Gasteiger partial charge is 0.224 e. The number of nitrogens with zero attached hydrogens (tertiary/aromatic N) is 1. The first-order valence-corrected chi connectivity index (χ1v) is 9.49. The van der Waals surface area contributed by atoms with E-state index in [0.717, 1.165) is 19.3 Å². The number of carbonyl (C=O) groups is 1. The summed E-state index contributed by atoms with van der Waals surface area (Å²) >= 11 is 0. The molecule has 1 aromatic rings. The zero-order chi connectivity index (χ0) is 16.2. The topological polar surface area (TPSA) is 66.5 Å². The van der Waals surface area contributed by atoms with Crippen LogP contribution in [-0.2, 0) is 21.2 Å². The lowest BCUT2D eigenvalue weighted by molar-refractivity contribution is -0.126. The number of hydrogen-bond acceptors (Lipinski definition) is 3. The molecule has 1 saturated heterocycles. The molecule has 1 fully saturated rings. The summed E-state index contributed by atoms with van der Waals surface area (Å²) in [5.74, 6) is -0.276. The summed E-state index contributed by atoms with van der Waals surface area (Å²) in [6, 6.07) is 8.21. The maximum atomic E-state index is 12.2. The Morgan fingerprint density at radius 1 is 1.41 bits per heavy atom. The van der Waals surface area contributed by atoms with Gasteiger partial charge in [0.2, 0.25) is 15.9 Å². The van der Waals surface area contributed by atoms with Crippen LogP contribution < -0.4 is 5.32 Å². The van der Waals surface area contributed by atoms with Crippen molar-refractivity contribution in [1.82, 2.24) is 9.62 Å². The van der Waals surface area contributed by atoms with Gasteiger partial charge in [-0.15, -0.1) is 0 Å². The SMILES string of the molecule is Cc1cccc(CCNC(=O)[C@H]2CCCN(S(C)(=O)=O)C2)c1. The van der Waals surface area contributed by atoms with Crippen LogP contribution >= 0.6 is 0 Å². The molecule has 0 aromatic heterocycles. The first-order chi connectivity index (χ1) is 10.4. The summed E-state index contributed by atoms with van der Waals surface area (Å²) in [6.45, 7) is 3.45. The van der Waals surface area contributed by atoms with Crippen molar-refractivity contribution in [3.05, 3.63) is 35.4 Å². The van der Waals surface area contributed by atoms with Crippen molar-refractivity contribution in [2.75, 3.05) is 25.9 Å². The Kier molecular flexibility index (Phi) is 5.58. The predicted molar refractivity (Wildman–Crippen MR) is 87.0 cm³/mol. The number of benzene rings is 1. The predicted octanol–water partition coefficient (Wildman–Crippen LogP) is 1.33. The Hall–Kier alpha value is -1.40. The lowest BCUT2D eigenvalue weighted by atomic mass is 9.98. The van der Waals surface area contributed by atoms with Gasteiger partial charge in [0, 0.05) is 19.6 Å². The quantitative estimate of drug-likeness (QED) is 0.888. The molecule has 22 heavy (non-hydrogen) atoms. The number of piperidine rings is 1. The van der Waals surface area contributed by atoms with Crippen LogP contribution in [-0.4, -0.2) is 44.5 Å². The zero-order valence-corrected chi connectivity index (χ0v) is 14.0. The van der Waals surface area contributed by atoms with Crippen molar-refractivity contribution in [3.63, 3.8) is 0 Å². The largest absolute Gasteiger partial charge is 0.355 e. The van der Waals surface area contributed by atoms with E-state index in [9.17, 15) is 13.2 Å². The van der Waals surface area contributed by atoms with E-state index in [1.165, 1.54) is 21.7 Å². The number of amides is 1. The normalized spacial score (nSPS) is 19.8. The number of carbonyl (C=O) groups excluding carboxylic acids is 1. The molecule has 1 aliphatic heterocycles. The van der Waals surface area contributed by atoms with E-state index >= 15 is 0 Å². The number of sulfonamides is 1. The van der Waals surface area contributed by atoms with Crippen LogP contribution in [0.5, 0.6) is 0 Å². The molecule has 0 aliphatic carbocycles. The van der Waals surface area contributed by atoms with E-state index in [1.807, 2.05) is 25.1 Å². The molecule has 1 heterocycles. The molecule has 1 aromatic carbocycles. The lowest BCUT2D eigenvalue weighted by Crippen LogP contribution is -2.45. The first kappa shape index (κ1) is 17.0. The van der Waals surface area contributed by atoms with Gasteiger partial charge in [-0.1, -0.05) is 29.8 Å². The molecule has 1 N–H and O–H groups in total. The molecule has 122 valence electrons. The number of aryl methyl sites for hydroxylation is 1. The molecule has 6 heteroatoms. The average molecular weight is 324 g/mol. The van der Waals surface area contributed by atoms with E-state index in [4.69, 9.17) is 0 Å². The van der Waals surface area contributed by atoms with Gasteiger partial charge in [0.05, 0.1) is 12.2 Å². The fourth-order valence-electron chi connectivity index (χ4n) is 2.80. The van der Waals surface area contributed by atoms with E-state index in [0.29, 0.717) is 19.6 Å². The fourth-order valence-corrected chi connectivity index (χ4v) is 3.71. The third kappa shape index (κ3) is 4.81. The molecule has 1 aliphatic rings. The molecule has 1 atom stereocenters. The van der Waals surface area contributed by atoms with Crippen LogP contribution in [0.15, 0.2) is 24.3 Å². The van der Waals surface area contributed by atoms with Crippen LogP contribution in [0.3, 0.4) is 0 Å². The molecule has 5 nitrogen and oxygen atoms in total. The average Bonchev–Trinajstić information content (AvgIpc) is 2.46. The van der Waals surface area contributed by atoms with Gasteiger partial charge in [0.1, 0.15) is 0 Å². The summed E-state index contributed by atoms with van der Waals surface area (Å²) in [6.07, 6.45) is 3.48. The van der Waals surface area contributed by atoms with Crippen LogP contribution in [0.2, 0.25) is 0 Å². The van der Waals surface area contributed by atoms with Gasteiger partial charge in [-0.05, 0) is 31.7 Å². The second-order valence-corrected chi connectivity index (χ2v) is 7.97. The molecule has 1 amide bonds. The van der Waals surface area contributed by atoms with Crippen molar-refractivity contribution in [1.29, 1.82) is 0 Å². The van der Waals surface area contributed by atoms with E-state index in [2.05, 4.69) is 11.4 Å². The van der Waals surface area contributed by atoms with Crippen molar-refractivity contribution < 1.29 is 13.2 Å². The summed E-state index contributed by atoms with van der Waals surface area (Å²) < 4.78 is 24.6. The molecule has 0 saturated carbocycles. The Morgan fingerprint density at radius 2 is 2.18 bits per heavy atom. The van der Waals surface area contributed by atoms with Crippen molar-refractivity contribution >= 4 is 15.9 Å². The second-order valence-electron chi connectivity index (χ2n) is 5.99. The van der Waals surface area contributed by atoms with E-state index < -0.39 is 10.0 Å². The minimum Gasteiger partial charge on any atom is -0.355 e. The van der Waals surface area contributed by atoms with Gasteiger partial charge in [0.15, 0.2) is 0 Å². The van der Waals surface area contributed by atoms with Crippen LogP contribution in [0, 0.1) is 12.8 Å². The minimum absolute atomic E-state index is 0.0407. The molecule has 0 unspecified atom stereocenters. The van der Waals surface area contributed by atoms with Crippen molar-refractivity contribution in [3.8, 4) is 0 Å². The third-order valence-electron chi connectivity index (χ3n) is 4.02.